The first-order valence-electron chi connectivity index (χ1n) is 20.8. The zero-order valence-corrected chi connectivity index (χ0v) is 31.0. The molecule has 2 heterocycles. The molecule has 0 radical (unpaired) electrons. The van der Waals surface area contributed by atoms with Crippen molar-refractivity contribution in [2.24, 2.45) is 47.3 Å². The molecule has 3 nitrogen and oxygen atoms in total. The van der Waals surface area contributed by atoms with E-state index in [1.807, 2.05) is 10.8 Å². The van der Waals surface area contributed by atoms with Gasteiger partial charge in [-0.25, -0.2) is 0 Å². The average Bonchev–Trinajstić information content (AvgIpc) is 3.45. The molecule has 2 saturated carbocycles. The minimum absolute atomic E-state index is 0.340. The van der Waals surface area contributed by atoms with Crippen molar-refractivity contribution in [3.63, 3.8) is 0 Å². The van der Waals surface area contributed by atoms with Crippen LogP contribution in [0.5, 0.6) is 0 Å². The lowest BCUT2D eigenvalue weighted by Crippen LogP contribution is -2.72. The Morgan fingerprint density at radius 2 is 1.52 bits per heavy atom. The maximum Gasteiger partial charge on any atom is 0.0949 e. The molecule has 12 atom stereocenters. The molecule has 1 saturated heterocycles. The van der Waals surface area contributed by atoms with Crippen LogP contribution in [-0.4, -0.2) is 27.3 Å². The summed E-state index contributed by atoms with van der Waals surface area (Å²) >= 11 is 0. The largest absolute Gasteiger partial charge is 0.286 e. The van der Waals surface area contributed by atoms with Crippen LogP contribution in [0.2, 0.25) is 6.55 Å². The van der Waals surface area contributed by atoms with Crippen molar-refractivity contribution in [1.29, 1.82) is 0 Å². The van der Waals surface area contributed by atoms with Gasteiger partial charge in [0.1, 0.15) is 0 Å². The van der Waals surface area contributed by atoms with E-state index in [1.165, 1.54) is 116 Å². The fourth-order valence-corrected chi connectivity index (χ4v) is 15.6. The minimum Gasteiger partial charge on any atom is -0.286 e. The number of rotatable bonds is 5. The molecule has 7 aliphatic carbocycles. The van der Waals surface area contributed by atoms with Gasteiger partial charge in [0.25, 0.3) is 0 Å². The highest BCUT2D eigenvalue weighted by Crippen LogP contribution is 2.49. The van der Waals surface area contributed by atoms with Crippen molar-refractivity contribution >= 4 is 8.80 Å². The summed E-state index contributed by atoms with van der Waals surface area (Å²) in [6, 6.07) is 0. The van der Waals surface area contributed by atoms with Crippen LogP contribution in [0.4, 0.5) is 0 Å². The van der Waals surface area contributed by atoms with Crippen LogP contribution in [0.15, 0.2) is 81.8 Å². The smallest absolute Gasteiger partial charge is 0.0949 e. The molecule has 2 aliphatic heterocycles. The summed E-state index contributed by atoms with van der Waals surface area (Å²) < 4.78 is 0. The van der Waals surface area contributed by atoms with Gasteiger partial charge < -0.3 is 0 Å². The molecular formula is C44H63N3Si. The van der Waals surface area contributed by atoms with Gasteiger partial charge in [-0.1, -0.05) is 115 Å². The molecule has 0 spiro atoms. The van der Waals surface area contributed by atoms with E-state index in [2.05, 4.69) is 77.2 Å². The van der Waals surface area contributed by atoms with Crippen molar-refractivity contribution < 1.29 is 0 Å². The lowest BCUT2D eigenvalue weighted by Gasteiger charge is -2.48. The molecule has 9 rings (SSSR count). The molecule has 0 aromatic heterocycles. The Kier molecular flexibility index (Phi) is 9.48. The van der Waals surface area contributed by atoms with Gasteiger partial charge in [-0.3, -0.25) is 16.0 Å². The van der Waals surface area contributed by atoms with Crippen LogP contribution < -0.4 is 16.0 Å². The fraction of sp³-hybridized carbons (Fsp3) is 0.682. The van der Waals surface area contributed by atoms with Crippen molar-refractivity contribution in [2.45, 2.75) is 141 Å². The van der Waals surface area contributed by atoms with Crippen LogP contribution >= 0.6 is 0 Å². The molecule has 258 valence electrons. The molecule has 3 fully saturated rings. The monoisotopic (exact) mass is 661 g/mol. The lowest BCUT2D eigenvalue weighted by molar-refractivity contribution is 0.0892. The summed E-state index contributed by atoms with van der Waals surface area (Å²) in [5.74, 6) is 6.21. The van der Waals surface area contributed by atoms with Gasteiger partial charge in [-0.15, -0.1) is 0 Å². The van der Waals surface area contributed by atoms with Crippen LogP contribution in [0.25, 0.3) is 0 Å². The Hall–Kier alpha value is -1.72. The quantitative estimate of drug-likeness (QED) is 0.203. The third-order valence-corrected chi connectivity index (χ3v) is 18.3. The standard InChI is InChI=1S/C44H63N3Si/c1-48-40-17-8-7-15-38(40)39-28-35(26-27-41(39)48)44-46-42(33-22-18-30(19-23-33)29-10-3-2-4-11-29)45-43(47-44)34-24-20-32(21-25-34)37-16-9-13-31-12-5-6-14-36(31)37/h2-3,8,17-18,20-21,24,27,29,31,33-37,39,42-48H,4-7,9-16,19,22-23,25-26,28H2,1H3. The molecule has 9 aliphatic rings. The van der Waals surface area contributed by atoms with Gasteiger partial charge in [-0.05, 0) is 130 Å². The predicted molar refractivity (Wildman–Crippen MR) is 204 cm³/mol. The molecule has 3 N–H and O–H groups in total. The molecule has 0 amide bonds. The predicted octanol–water partition coefficient (Wildman–Crippen LogP) is 9.49. The van der Waals surface area contributed by atoms with Gasteiger partial charge in [0, 0.05) is 5.92 Å². The van der Waals surface area contributed by atoms with E-state index in [9.17, 15) is 0 Å². The van der Waals surface area contributed by atoms with E-state index in [0.29, 0.717) is 36.3 Å². The van der Waals surface area contributed by atoms with Gasteiger partial charge >= 0.3 is 0 Å². The Bertz CT molecular complexity index is 1430. The number of fused-ring (bicyclic) bond motifs is 3. The molecule has 12 unspecified atom stereocenters. The zero-order chi connectivity index (χ0) is 32.0. The highest BCUT2D eigenvalue weighted by molar-refractivity contribution is 6.75. The maximum atomic E-state index is 4.26. The van der Waals surface area contributed by atoms with E-state index in [0.717, 1.165) is 29.6 Å². The summed E-state index contributed by atoms with van der Waals surface area (Å²) in [6.45, 7) is 2.61. The second kappa shape index (κ2) is 14.1. The first kappa shape index (κ1) is 32.2. The van der Waals surface area contributed by atoms with Crippen LogP contribution in [0.3, 0.4) is 0 Å². The zero-order valence-electron chi connectivity index (χ0n) is 29.9. The van der Waals surface area contributed by atoms with Gasteiger partial charge in [0.05, 0.1) is 27.3 Å². The topological polar surface area (TPSA) is 36.1 Å². The number of nitrogens with one attached hydrogen (secondary N) is 3. The van der Waals surface area contributed by atoms with Crippen molar-refractivity contribution in [3.05, 3.63) is 81.8 Å². The van der Waals surface area contributed by atoms with E-state index in [1.54, 1.807) is 16.3 Å². The number of allylic oxidation sites excluding steroid dienone is 13. The van der Waals surface area contributed by atoms with Gasteiger partial charge in [0.15, 0.2) is 0 Å². The molecule has 0 aromatic rings. The average molecular weight is 662 g/mol. The minimum atomic E-state index is -0.942. The third kappa shape index (κ3) is 6.24. The normalized spacial score (nSPS) is 44.3. The highest BCUT2D eigenvalue weighted by Gasteiger charge is 2.44. The van der Waals surface area contributed by atoms with Crippen molar-refractivity contribution in [1.82, 2.24) is 16.0 Å². The van der Waals surface area contributed by atoms with Crippen molar-refractivity contribution in [3.8, 4) is 0 Å². The highest BCUT2D eigenvalue weighted by atomic mass is 28.3. The first-order chi connectivity index (χ1) is 23.7. The lowest BCUT2D eigenvalue weighted by atomic mass is 9.63. The summed E-state index contributed by atoms with van der Waals surface area (Å²) in [6.07, 6.45) is 48.7. The van der Waals surface area contributed by atoms with Crippen LogP contribution in [0.1, 0.15) is 116 Å². The molecule has 0 bridgehead atoms. The van der Waals surface area contributed by atoms with Gasteiger partial charge in [0.2, 0.25) is 0 Å². The Morgan fingerprint density at radius 3 is 2.35 bits per heavy atom. The fourth-order valence-electron chi connectivity index (χ4n) is 12.5. The Labute approximate surface area is 293 Å². The second-order valence-electron chi connectivity index (χ2n) is 17.6. The van der Waals surface area contributed by atoms with Gasteiger partial charge in [-0.2, -0.15) is 0 Å². The summed E-state index contributed by atoms with van der Waals surface area (Å²) in [5, 5.41) is 16.4. The maximum absolute atomic E-state index is 4.26. The van der Waals surface area contributed by atoms with Crippen LogP contribution in [0, 0.1) is 47.3 Å². The number of hydrogen-bond donors (Lipinski definition) is 3. The van der Waals surface area contributed by atoms with E-state index >= 15 is 0 Å². The van der Waals surface area contributed by atoms with E-state index < -0.39 is 8.80 Å². The Morgan fingerprint density at radius 1 is 0.667 bits per heavy atom. The van der Waals surface area contributed by atoms with Crippen LogP contribution in [-0.2, 0) is 0 Å². The molecular weight excluding hydrogens is 599 g/mol. The van der Waals surface area contributed by atoms with E-state index in [-0.39, 0.29) is 0 Å². The van der Waals surface area contributed by atoms with E-state index in [4.69, 9.17) is 0 Å². The summed E-state index contributed by atoms with van der Waals surface area (Å²) in [7, 11) is -0.942. The SMILES string of the molecule is C[SiH]1C2=CCC(C3NC(C4C=CC(C5CCCC6CCCCC65)=CC4)NC(C4CC=C(C5CC=CCC5)CC4)N3)CC2C2=C1C=CCC2. The Balaban J connectivity index is 0.924. The second-order valence-corrected chi connectivity index (χ2v) is 20.3. The molecule has 48 heavy (non-hydrogen) atoms. The molecule has 0 aromatic carbocycles. The summed E-state index contributed by atoms with van der Waals surface area (Å²) in [4.78, 5) is 0. The first-order valence-corrected chi connectivity index (χ1v) is 23.1. The number of hydrogen-bond acceptors (Lipinski definition) is 3. The molecule has 4 heteroatoms. The summed E-state index contributed by atoms with van der Waals surface area (Å²) in [5.41, 5.74) is 5.30. The van der Waals surface area contributed by atoms with Crippen molar-refractivity contribution in [2.75, 3.05) is 0 Å². The third-order valence-electron chi connectivity index (χ3n) is 15.1.